The summed E-state index contributed by atoms with van der Waals surface area (Å²) in [6.45, 7) is 2.00. The van der Waals surface area contributed by atoms with Gasteiger partial charge in [0, 0.05) is 19.6 Å². The predicted octanol–water partition coefficient (Wildman–Crippen LogP) is 2.79. The van der Waals surface area contributed by atoms with Gasteiger partial charge in [0.15, 0.2) is 0 Å². The van der Waals surface area contributed by atoms with Crippen LogP contribution in [0.4, 0.5) is 10.1 Å². The highest BCUT2D eigenvalue weighted by Gasteiger charge is 2.19. The van der Waals surface area contributed by atoms with Gasteiger partial charge in [0.05, 0.1) is 5.69 Å². The lowest BCUT2D eigenvalue weighted by molar-refractivity contribution is 0.603. The van der Waals surface area contributed by atoms with Crippen LogP contribution in [0.3, 0.4) is 0 Å². The largest absolute Gasteiger partial charge is 0.372 e. The second kappa shape index (κ2) is 6.01. The Morgan fingerprint density at radius 1 is 1.29 bits per heavy atom. The molecule has 1 saturated carbocycles. The highest BCUT2D eigenvalue weighted by molar-refractivity contribution is 5.46. The zero-order valence-electron chi connectivity index (χ0n) is 10.5. The Morgan fingerprint density at radius 3 is 2.76 bits per heavy atom. The topological polar surface area (TPSA) is 15.3 Å². The molecule has 1 aromatic carbocycles. The summed E-state index contributed by atoms with van der Waals surface area (Å²) in [6, 6.07) is 7.74. The molecular formula is C14H21FN2. The molecule has 0 bridgehead atoms. The van der Waals surface area contributed by atoms with Gasteiger partial charge in [-0.2, -0.15) is 0 Å². The molecule has 1 aliphatic carbocycles. The number of benzene rings is 1. The number of nitrogens with zero attached hydrogens (tertiary/aromatic N) is 1. The maximum atomic E-state index is 13.5. The molecule has 0 radical (unpaired) electrons. The first-order chi connectivity index (χ1) is 8.27. The van der Waals surface area contributed by atoms with Crippen LogP contribution in [-0.2, 0) is 0 Å². The molecule has 0 aliphatic heterocycles. The monoisotopic (exact) mass is 236 g/mol. The molecule has 1 fully saturated rings. The van der Waals surface area contributed by atoms with E-state index in [-0.39, 0.29) is 5.82 Å². The highest BCUT2D eigenvalue weighted by Crippen LogP contribution is 2.19. The van der Waals surface area contributed by atoms with Gasteiger partial charge < -0.3 is 10.2 Å². The number of rotatable bonds is 7. The quantitative estimate of drug-likeness (QED) is 0.732. The van der Waals surface area contributed by atoms with Crippen molar-refractivity contribution in [3.8, 4) is 0 Å². The molecule has 2 rings (SSSR count). The van der Waals surface area contributed by atoms with Crippen molar-refractivity contribution < 1.29 is 4.39 Å². The fraction of sp³-hybridized carbons (Fsp3) is 0.571. The minimum atomic E-state index is -0.133. The minimum Gasteiger partial charge on any atom is -0.372 e. The second-order valence-corrected chi connectivity index (χ2v) is 4.81. The van der Waals surface area contributed by atoms with Crippen LogP contribution in [-0.4, -0.2) is 26.2 Å². The van der Waals surface area contributed by atoms with Crippen molar-refractivity contribution in [3.05, 3.63) is 30.1 Å². The lowest BCUT2D eigenvalue weighted by Crippen LogP contribution is -2.22. The van der Waals surface area contributed by atoms with Gasteiger partial charge >= 0.3 is 0 Å². The Kier molecular flexibility index (Phi) is 4.37. The van der Waals surface area contributed by atoms with E-state index in [0.717, 1.165) is 32.0 Å². The van der Waals surface area contributed by atoms with Crippen LogP contribution in [0.5, 0.6) is 0 Å². The molecule has 0 unspecified atom stereocenters. The van der Waals surface area contributed by atoms with Gasteiger partial charge in [-0.25, -0.2) is 4.39 Å². The number of halogens is 1. The number of unbranched alkanes of at least 4 members (excludes halogenated alkanes) is 1. The number of para-hydroxylation sites is 1. The number of nitrogens with one attached hydrogen (secondary N) is 1. The van der Waals surface area contributed by atoms with Crippen molar-refractivity contribution in [2.75, 3.05) is 25.0 Å². The number of hydrogen-bond donors (Lipinski definition) is 1. The molecule has 0 heterocycles. The van der Waals surface area contributed by atoms with E-state index < -0.39 is 0 Å². The molecule has 1 N–H and O–H groups in total. The third kappa shape index (κ3) is 4.00. The maximum Gasteiger partial charge on any atom is 0.146 e. The molecular weight excluding hydrogens is 215 g/mol. The van der Waals surface area contributed by atoms with E-state index in [2.05, 4.69) is 5.32 Å². The normalized spacial score (nSPS) is 14.9. The zero-order valence-corrected chi connectivity index (χ0v) is 10.5. The molecule has 0 amide bonds. The predicted molar refractivity (Wildman–Crippen MR) is 69.9 cm³/mol. The van der Waals surface area contributed by atoms with Crippen molar-refractivity contribution in [1.29, 1.82) is 0 Å². The summed E-state index contributed by atoms with van der Waals surface area (Å²) in [6.07, 6.45) is 4.95. The standard InChI is InChI=1S/C14H21FN2/c1-17(14-7-3-2-6-13(14)15)11-5-4-10-16-12-8-9-12/h2-3,6-7,12,16H,4-5,8-11H2,1H3. The van der Waals surface area contributed by atoms with E-state index >= 15 is 0 Å². The van der Waals surface area contributed by atoms with Crippen LogP contribution >= 0.6 is 0 Å². The molecule has 1 aromatic rings. The summed E-state index contributed by atoms with van der Waals surface area (Å²) < 4.78 is 13.5. The molecule has 17 heavy (non-hydrogen) atoms. The first-order valence-corrected chi connectivity index (χ1v) is 6.46. The van der Waals surface area contributed by atoms with Crippen molar-refractivity contribution in [1.82, 2.24) is 5.32 Å². The first kappa shape index (κ1) is 12.4. The Balaban J connectivity index is 1.65. The second-order valence-electron chi connectivity index (χ2n) is 4.81. The van der Waals surface area contributed by atoms with Gasteiger partial charge in [-0.1, -0.05) is 12.1 Å². The van der Waals surface area contributed by atoms with Crippen molar-refractivity contribution in [2.24, 2.45) is 0 Å². The van der Waals surface area contributed by atoms with Crippen molar-refractivity contribution in [3.63, 3.8) is 0 Å². The molecule has 0 spiro atoms. The van der Waals surface area contributed by atoms with Crippen LogP contribution in [0.25, 0.3) is 0 Å². The third-order valence-electron chi connectivity index (χ3n) is 3.19. The lowest BCUT2D eigenvalue weighted by atomic mass is 10.2. The average molecular weight is 236 g/mol. The van der Waals surface area contributed by atoms with E-state index in [1.165, 1.54) is 18.9 Å². The molecule has 1 aliphatic rings. The average Bonchev–Trinajstić information content (AvgIpc) is 3.13. The van der Waals surface area contributed by atoms with Gasteiger partial charge in [0.25, 0.3) is 0 Å². The van der Waals surface area contributed by atoms with Crippen LogP contribution in [0.1, 0.15) is 25.7 Å². The molecule has 2 nitrogen and oxygen atoms in total. The van der Waals surface area contributed by atoms with Gasteiger partial charge in [-0.3, -0.25) is 0 Å². The SMILES string of the molecule is CN(CCCCNC1CC1)c1ccccc1F. The van der Waals surface area contributed by atoms with E-state index in [1.54, 1.807) is 6.07 Å². The molecule has 0 aromatic heterocycles. The number of anilines is 1. The van der Waals surface area contributed by atoms with E-state index in [0.29, 0.717) is 5.69 Å². The van der Waals surface area contributed by atoms with Crippen LogP contribution in [0.15, 0.2) is 24.3 Å². The highest BCUT2D eigenvalue weighted by atomic mass is 19.1. The van der Waals surface area contributed by atoms with Crippen molar-refractivity contribution >= 4 is 5.69 Å². The fourth-order valence-electron chi connectivity index (χ4n) is 1.95. The van der Waals surface area contributed by atoms with Crippen LogP contribution in [0, 0.1) is 5.82 Å². The van der Waals surface area contributed by atoms with E-state index in [4.69, 9.17) is 0 Å². The molecule has 0 saturated heterocycles. The Bertz CT molecular complexity index is 350. The molecule has 3 heteroatoms. The van der Waals surface area contributed by atoms with Crippen molar-refractivity contribution in [2.45, 2.75) is 31.7 Å². The smallest absolute Gasteiger partial charge is 0.146 e. The van der Waals surface area contributed by atoms with E-state index in [9.17, 15) is 4.39 Å². The summed E-state index contributed by atoms with van der Waals surface area (Å²) in [7, 11) is 1.95. The summed E-state index contributed by atoms with van der Waals surface area (Å²) in [5.41, 5.74) is 0.697. The fourth-order valence-corrected chi connectivity index (χ4v) is 1.95. The summed E-state index contributed by atoms with van der Waals surface area (Å²) in [5.74, 6) is -0.133. The van der Waals surface area contributed by atoms with Gasteiger partial charge in [0.2, 0.25) is 0 Å². The Morgan fingerprint density at radius 2 is 2.06 bits per heavy atom. The Labute approximate surface area is 103 Å². The summed E-state index contributed by atoms with van der Waals surface area (Å²) >= 11 is 0. The van der Waals surface area contributed by atoms with Crippen LogP contribution in [0.2, 0.25) is 0 Å². The number of hydrogen-bond acceptors (Lipinski definition) is 2. The van der Waals surface area contributed by atoms with E-state index in [1.807, 2.05) is 24.1 Å². The minimum absolute atomic E-state index is 0.133. The van der Waals surface area contributed by atoms with Crippen LogP contribution < -0.4 is 10.2 Å². The summed E-state index contributed by atoms with van der Waals surface area (Å²) in [5, 5.41) is 3.49. The Hall–Kier alpha value is -1.09. The summed E-state index contributed by atoms with van der Waals surface area (Å²) in [4.78, 5) is 1.99. The first-order valence-electron chi connectivity index (χ1n) is 6.46. The molecule has 94 valence electrons. The maximum absolute atomic E-state index is 13.5. The van der Waals surface area contributed by atoms with Gasteiger partial charge in [-0.15, -0.1) is 0 Å². The zero-order chi connectivity index (χ0) is 12.1. The van der Waals surface area contributed by atoms with Gasteiger partial charge in [0.1, 0.15) is 5.82 Å². The molecule has 0 atom stereocenters. The third-order valence-corrected chi connectivity index (χ3v) is 3.19. The van der Waals surface area contributed by atoms with Gasteiger partial charge in [-0.05, 0) is 44.4 Å². The lowest BCUT2D eigenvalue weighted by Gasteiger charge is -2.19.